The zero-order chi connectivity index (χ0) is 27.5. The Labute approximate surface area is 231 Å². The van der Waals surface area contributed by atoms with Crippen molar-refractivity contribution < 1.29 is 14.3 Å². The first-order valence-electron chi connectivity index (χ1n) is 14.0. The van der Waals surface area contributed by atoms with E-state index in [-0.39, 0.29) is 22.4 Å². The average Bonchev–Trinajstić information content (AvgIpc) is 2.88. The van der Waals surface area contributed by atoms with Crippen molar-refractivity contribution in [2.45, 2.75) is 65.9 Å². The molecule has 3 aliphatic rings. The molecular formula is C35H37NO3. The highest BCUT2D eigenvalue weighted by Gasteiger charge is 2.48. The van der Waals surface area contributed by atoms with Crippen LogP contribution < -0.4 is 4.74 Å². The quantitative estimate of drug-likeness (QED) is 0.354. The van der Waals surface area contributed by atoms with Crippen molar-refractivity contribution >= 4 is 22.3 Å². The Morgan fingerprint density at radius 1 is 0.744 bits per heavy atom. The minimum atomic E-state index is -0.401. The first kappa shape index (κ1) is 25.6. The lowest BCUT2D eigenvalue weighted by Crippen LogP contribution is -2.43. The molecule has 0 atom stereocenters. The Bertz CT molecular complexity index is 1510. The molecule has 0 fully saturated rings. The van der Waals surface area contributed by atoms with Gasteiger partial charge in [-0.15, -0.1) is 0 Å². The number of fused-ring (bicyclic) bond motifs is 1. The second-order valence-electron chi connectivity index (χ2n) is 13.1. The molecule has 0 saturated heterocycles. The number of para-hydroxylation sites is 1. The Morgan fingerprint density at radius 3 is 1.97 bits per heavy atom. The fourth-order valence-corrected chi connectivity index (χ4v) is 6.90. The summed E-state index contributed by atoms with van der Waals surface area (Å²) in [5.41, 5.74) is 5.47. The fourth-order valence-electron chi connectivity index (χ4n) is 6.90. The number of ether oxygens (including phenoxy) is 1. The van der Waals surface area contributed by atoms with Crippen molar-refractivity contribution in [3.63, 3.8) is 0 Å². The maximum atomic E-state index is 13.9. The van der Waals surface area contributed by atoms with E-state index in [2.05, 4.69) is 62.9 Å². The van der Waals surface area contributed by atoms with Crippen LogP contribution in [0.1, 0.15) is 70.4 Å². The van der Waals surface area contributed by atoms with Gasteiger partial charge in [-0.2, -0.15) is 0 Å². The second kappa shape index (κ2) is 9.22. The molecule has 6 rings (SSSR count). The van der Waals surface area contributed by atoms with Crippen LogP contribution in [0, 0.1) is 10.8 Å². The van der Waals surface area contributed by atoms with E-state index >= 15 is 0 Å². The van der Waals surface area contributed by atoms with E-state index in [0.717, 1.165) is 52.3 Å². The third kappa shape index (κ3) is 4.50. The summed E-state index contributed by atoms with van der Waals surface area (Å²) < 4.78 is 6.54. The number of ketones is 2. The van der Waals surface area contributed by atoms with Crippen molar-refractivity contribution in [1.82, 2.24) is 4.90 Å². The first-order chi connectivity index (χ1) is 18.5. The molecule has 0 amide bonds. The van der Waals surface area contributed by atoms with E-state index in [0.29, 0.717) is 19.4 Å². The normalized spacial score (nSPS) is 20.8. The summed E-state index contributed by atoms with van der Waals surface area (Å²) in [7, 11) is 2.05. The van der Waals surface area contributed by atoms with Crippen molar-refractivity contribution in [3.05, 3.63) is 100 Å². The zero-order valence-electron chi connectivity index (χ0n) is 23.6. The van der Waals surface area contributed by atoms with Crippen molar-refractivity contribution in [2.75, 3.05) is 7.05 Å². The maximum absolute atomic E-state index is 13.9. The highest BCUT2D eigenvalue weighted by molar-refractivity contribution is 6.07. The molecule has 0 N–H and O–H groups in total. The molecule has 0 aromatic heterocycles. The van der Waals surface area contributed by atoms with Crippen LogP contribution >= 0.6 is 0 Å². The van der Waals surface area contributed by atoms with Gasteiger partial charge in [0.25, 0.3) is 0 Å². The summed E-state index contributed by atoms with van der Waals surface area (Å²) >= 11 is 0. The van der Waals surface area contributed by atoms with Crippen LogP contribution in [0.2, 0.25) is 0 Å². The predicted molar refractivity (Wildman–Crippen MR) is 155 cm³/mol. The van der Waals surface area contributed by atoms with Crippen molar-refractivity contribution in [1.29, 1.82) is 0 Å². The summed E-state index contributed by atoms with van der Waals surface area (Å²) in [6, 6.07) is 22.6. The number of nitrogens with zero attached hydrogens (tertiary/aromatic N) is 1. The first-order valence-corrected chi connectivity index (χ1v) is 14.0. The SMILES string of the molecule is CN1C2=C(C(=O)CC(C)(C)C2)C(c2ccccc2OCc2cccc3ccccc23)C2=C1CC(C)(C)CC2=O. The molecule has 3 aromatic carbocycles. The highest BCUT2D eigenvalue weighted by atomic mass is 16.5. The zero-order valence-corrected chi connectivity index (χ0v) is 23.6. The van der Waals surface area contributed by atoms with Gasteiger partial charge in [0.2, 0.25) is 0 Å². The molecule has 1 heterocycles. The fraction of sp³-hybridized carbons (Fsp3) is 0.371. The number of hydrogen-bond acceptors (Lipinski definition) is 4. The van der Waals surface area contributed by atoms with Crippen LogP contribution in [-0.4, -0.2) is 23.5 Å². The Morgan fingerprint density at radius 2 is 1.31 bits per heavy atom. The third-order valence-corrected chi connectivity index (χ3v) is 8.67. The van der Waals surface area contributed by atoms with E-state index in [1.165, 1.54) is 10.8 Å². The van der Waals surface area contributed by atoms with E-state index < -0.39 is 5.92 Å². The minimum Gasteiger partial charge on any atom is -0.489 e. The molecule has 0 spiro atoms. The number of carbonyl (C=O) groups excluding carboxylic acids is 2. The number of carbonyl (C=O) groups is 2. The third-order valence-electron chi connectivity index (χ3n) is 8.67. The Balaban J connectivity index is 1.47. The lowest BCUT2D eigenvalue weighted by atomic mass is 9.63. The van der Waals surface area contributed by atoms with Gasteiger partial charge in [0.05, 0.1) is 0 Å². The van der Waals surface area contributed by atoms with Gasteiger partial charge in [-0.3, -0.25) is 9.59 Å². The Kier molecular flexibility index (Phi) is 6.05. The van der Waals surface area contributed by atoms with Gasteiger partial charge in [0, 0.05) is 53.9 Å². The lowest BCUT2D eigenvalue weighted by molar-refractivity contribution is -0.119. The van der Waals surface area contributed by atoms with E-state index in [4.69, 9.17) is 4.74 Å². The number of rotatable bonds is 4. The minimum absolute atomic E-state index is 0.120. The molecule has 0 bridgehead atoms. The lowest BCUT2D eigenvalue weighted by Gasteiger charge is -2.48. The highest BCUT2D eigenvalue weighted by Crippen LogP contribution is 2.55. The van der Waals surface area contributed by atoms with Gasteiger partial charge < -0.3 is 9.64 Å². The molecular weight excluding hydrogens is 482 g/mol. The molecule has 4 heteroatoms. The molecule has 0 radical (unpaired) electrons. The molecule has 1 aliphatic heterocycles. The molecule has 3 aromatic rings. The largest absolute Gasteiger partial charge is 0.489 e. The van der Waals surface area contributed by atoms with Gasteiger partial charge >= 0.3 is 0 Å². The molecule has 200 valence electrons. The molecule has 4 nitrogen and oxygen atoms in total. The molecule has 2 aliphatic carbocycles. The van der Waals surface area contributed by atoms with Crippen LogP contribution in [0.4, 0.5) is 0 Å². The molecule has 39 heavy (non-hydrogen) atoms. The number of benzene rings is 3. The van der Waals surface area contributed by atoms with Crippen LogP contribution in [0.15, 0.2) is 89.3 Å². The second-order valence-corrected chi connectivity index (χ2v) is 13.1. The van der Waals surface area contributed by atoms with Crippen LogP contribution in [0.3, 0.4) is 0 Å². The van der Waals surface area contributed by atoms with Gasteiger partial charge in [-0.05, 0) is 46.1 Å². The summed E-state index contributed by atoms with van der Waals surface area (Å²) in [5, 5.41) is 2.35. The Hall–Kier alpha value is -3.66. The number of Topliss-reactive ketones (excluding diaryl/α,β-unsaturated/α-hetero) is 2. The van der Waals surface area contributed by atoms with E-state index in [1.54, 1.807) is 0 Å². The van der Waals surface area contributed by atoms with Crippen LogP contribution in [-0.2, 0) is 16.2 Å². The standard InChI is InChI=1S/C35H37NO3/c1-34(2)17-26-32(28(37)19-34)31(33-27(36(26)5)18-35(3,4)20-29(33)38)25-15-8-9-16-30(25)39-21-23-13-10-12-22-11-6-7-14-24(22)23/h6-16,31H,17-21H2,1-5H3. The summed E-state index contributed by atoms with van der Waals surface area (Å²) in [6.45, 7) is 9.07. The number of hydrogen-bond donors (Lipinski definition) is 0. The molecule has 0 unspecified atom stereocenters. The maximum Gasteiger partial charge on any atom is 0.162 e. The van der Waals surface area contributed by atoms with Crippen molar-refractivity contribution in [3.8, 4) is 5.75 Å². The summed E-state index contributed by atoms with van der Waals surface area (Å²) in [6.07, 6.45) is 2.59. The van der Waals surface area contributed by atoms with Crippen LogP contribution in [0.5, 0.6) is 5.75 Å². The summed E-state index contributed by atoms with van der Waals surface area (Å²) in [4.78, 5) is 29.9. The van der Waals surface area contributed by atoms with Crippen molar-refractivity contribution in [2.24, 2.45) is 10.8 Å². The summed E-state index contributed by atoms with van der Waals surface area (Å²) in [5.74, 6) is 0.619. The van der Waals surface area contributed by atoms with E-state index in [1.807, 2.05) is 43.4 Å². The monoisotopic (exact) mass is 519 g/mol. The topological polar surface area (TPSA) is 46.6 Å². The van der Waals surface area contributed by atoms with E-state index in [9.17, 15) is 9.59 Å². The number of allylic oxidation sites excluding steroid dienone is 4. The van der Waals surface area contributed by atoms with Gasteiger partial charge in [-0.1, -0.05) is 88.4 Å². The predicted octanol–water partition coefficient (Wildman–Crippen LogP) is 7.73. The van der Waals surface area contributed by atoms with Gasteiger partial charge in [0.15, 0.2) is 11.6 Å². The van der Waals surface area contributed by atoms with Gasteiger partial charge in [-0.25, -0.2) is 0 Å². The van der Waals surface area contributed by atoms with Crippen LogP contribution in [0.25, 0.3) is 10.8 Å². The smallest absolute Gasteiger partial charge is 0.162 e. The molecule has 0 saturated carbocycles. The van der Waals surface area contributed by atoms with Gasteiger partial charge in [0.1, 0.15) is 12.4 Å². The average molecular weight is 520 g/mol.